The van der Waals surface area contributed by atoms with Gasteiger partial charge in [-0.1, -0.05) is 0 Å². The molecule has 2 heterocycles. The van der Waals surface area contributed by atoms with Gasteiger partial charge in [-0.05, 0) is 58.0 Å². The predicted octanol–water partition coefficient (Wildman–Crippen LogP) is 4.70. The second-order valence-electron chi connectivity index (χ2n) is 4.39. The number of hydrogen-bond donors (Lipinski definition) is 1. The summed E-state index contributed by atoms with van der Waals surface area (Å²) < 4.78 is 48.9. The van der Waals surface area contributed by atoms with Crippen LogP contribution in [0.2, 0.25) is 0 Å². The van der Waals surface area contributed by atoms with Gasteiger partial charge in [0.05, 0.1) is 3.57 Å². The molecule has 8 heteroatoms. The number of halogens is 5. The molecular weight excluding hydrogens is 439 g/mol. The van der Waals surface area contributed by atoms with Crippen molar-refractivity contribution in [3.8, 4) is 16.9 Å². The van der Waals surface area contributed by atoms with Gasteiger partial charge in [0.1, 0.15) is 0 Å². The normalized spacial score (nSPS) is 10.0. The van der Waals surface area contributed by atoms with Crippen molar-refractivity contribution in [3.63, 3.8) is 0 Å². The van der Waals surface area contributed by atoms with Crippen molar-refractivity contribution in [2.24, 2.45) is 0 Å². The Morgan fingerprint density at radius 1 is 0.667 bits per heavy atom. The van der Waals surface area contributed by atoms with E-state index in [-0.39, 0.29) is 0 Å². The molecule has 0 radical (unpaired) electrons. The molecule has 1 N–H and O–H groups in total. The Morgan fingerprint density at radius 2 is 1.00 bits per heavy atom. The molecule has 0 spiro atoms. The highest BCUT2D eigenvalue weighted by Gasteiger charge is 2.23. The van der Waals surface area contributed by atoms with Crippen LogP contribution >= 0.6 is 22.6 Å². The molecule has 3 rings (SSSR count). The van der Waals surface area contributed by atoms with E-state index in [1.807, 2.05) is 24.3 Å². The molecule has 0 saturated heterocycles. The van der Waals surface area contributed by atoms with Gasteiger partial charge in [0.2, 0.25) is 11.6 Å². The molecule has 2 aromatic heterocycles. The summed E-state index contributed by atoms with van der Waals surface area (Å²) in [5.41, 5.74) is 2.35. The third-order valence-corrected chi connectivity index (χ3v) is 3.83. The van der Waals surface area contributed by atoms with E-state index in [2.05, 4.69) is 9.97 Å². The summed E-state index contributed by atoms with van der Waals surface area (Å²) >= 11 is 1.10. The third kappa shape index (κ3) is 3.99. The van der Waals surface area contributed by atoms with Gasteiger partial charge in [-0.3, -0.25) is 9.97 Å². The van der Waals surface area contributed by atoms with Crippen molar-refractivity contribution in [1.82, 2.24) is 9.97 Å². The lowest BCUT2D eigenvalue weighted by Crippen LogP contribution is -1.98. The summed E-state index contributed by atoms with van der Waals surface area (Å²) in [6.45, 7) is 0. The van der Waals surface area contributed by atoms with E-state index in [0.717, 1.165) is 22.6 Å². The number of pyridine rings is 2. The summed E-state index contributed by atoms with van der Waals surface area (Å²) in [5.74, 6) is -8.37. The summed E-state index contributed by atoms with van der Waals surface area (Å²) in [7, 11) is 0. The van der Waals surface area contributed by atoms with Gasteiger partial charge in [0, 0.05) is 24.8 Å². The van der Waals surface area contributed by atoms with Crippen LogP contribution in [-0.2, 0) is 0 Å². The number of rotatable bonds is 1. The molecule has 0 aliphatic carbocycles. The highest BCUT2D eigenvalue weighted by atomic mass is 127. The largest absolute Gasteiger partial charge is 0.503 e. The lowest BCUT2D eigenvalue weighted by atomic mass is 10.1. The number of aromatic hydroxyl groups is 1. The maximum atomic E-state index is 12.5. The minimum absolute atomic E-state index is 0.819. The van der Waals surface area contributed by atoms with Crippen LogP contribution in [0.4, 0.5) is 17.6 Å². The smallest absolute Gasteiger partial charge is 0.204 e. The zero-order valence-corrected chi connectivity index (χ0v) is 14.0. The first kappa shape index (κ1) is 18.1. The minimum Gasteiger partial charge on any atom is -0.503 e. The van der Waals surface area contributed by atoms with Gasteiger partial charge >= 0.3 is 0 Å². The Labute approximate surface area is 148 Å². The maximum Gasteiger partial charge on any atom is 0.204 e. The molecule has 0 amide bonds. The van der Waals surface area contributed by atoms with Crippen LogP contribution < -0.4 is 0 Å². The lowest BCUT2D eigenvalue weighted by Gasteiger charge is -2.02. The summed E-state index contributed by atoms with van der Waals surface area (Å²) in [6.07, 6.45) is 7.15. The number of phenolic OH excluding ortho intramolecular Hbond substituents is 1. The van der Waals surface area contributed by atoms with Gasteiger partial charge in [0.25, 0.3) is 0 Å². The van der Waals surface area contributed by atoms with E-state index in [1.54, 1.807) is 24.8 Å². The van der Waals surface area contributed by atoms with Crippen LogP contribution in [0.25, 0.3) is 11.1 Å². The highest BCUT2D eigenvalue weighted by molar-refractivity contribution is 14.1. The first-order valence-corrected chi connectivity index (χ1v) is 7.52. The molecule has 0 fully saturated rings. The number of nitrogens with zero attached hydrogens (tertiary/aromatic N) is 2. The lowest BCUT2D eigenvalue weighted by molar-refractivity contribution is 0.353. The fraction of sp³-hybridized carbons (Fsp3) is 0. The molecule has 0 atom stereocenters. The predicted molar refractivity (Wildman–Crippen MR) is 88.1 cm³/mol. The average molecular weight is 448 g/mol. The Morgan fingerprint density at radius 3 is 1.33 bits per heavy atom. The van der Waals surface area contributed by atoms with Gasteiger partial charge in [-0.25, -0.2) is 8.78 Å². The van der Waals surface area contributed by atoms with Crippen LogP contribution in [0.1, 0.15) is 0 Å². The molecule has 3 aromatic rings. The van der Waals surface area contributed by atoms with E-state index >= 15 is 0 Å². The average Bonchev–Trinajstić information content (AvgIpc) is 2.65. The molecule has 0 bridgehead atoms. The monoisotopic (exact) mass is 448 g/mol. The van der Waals surface area contributed by atoms with Crippen LogP contribution in [0.5, 0.6) is 5.75 Å². The highest BCUT2D eigenvalue weighted by Crippen LogP contribution is 2.29. The van der Waals surface area contributed by atoms with Crippen molar-refractivity contribution in [2.75, 3.05) is 0 Å². The molecule has 0 aliphatic rings. The standard InChI is InChI=1S/C10H8N2.C6HF4IO/c1-5-11-6-2-9(1)10-3-7-12-8-4-10;7-1-3(9)6(12)4(10)2(8)5(1)11/h1-8H;12H. The first-order valence-electron chi connectivity index (χ1n) is 6.44. The van der Waals surface area contributed by atoms with E-state index in [4.69, 9.17) is 5.11 Å². The first-order chi connectivity index (χ1) is 11.4. The van der Waals surface area contributed by atoms with Crippen LogP contribution in [0.3, 0.4) is 0 Å². The fourth-order valence-corrected chi connectivity index (χ4v) is 2.16. The van der Waals surface area contributed by atoms with Crippen LogP contribution in [0, 0.1) is 26.8 Å². The number of aromatic nitrogens is 2. The minimum atomic E-state index is -1.78. The van der Waals surface area contributed by atoms with Gasteiger partial charge in [-0.2, -0.15) is 8.78 Å². The van der Waals surface area contributed by atoms with Crippen molar-refractivity contribution < 1.29 is 22.7 Å². The molecule has 0 aliphatic heterocycles. The SMILES string of the molecule is Oc1c(F)c(F)c(I)c(F)c1F.c1cc(-c2ccncc2)ccn1. The number of phenols is 1. The Bertz CT molecular complexity index is 690. The zero-order valence-electron chi connectivity index (χ0n) is 11.9. The van der Waals surface area contributed by atoms with Gasteiger partial charge in [-0.15, -0.1) is 0 Å². The molecule has 0 unspecified atom stereocenters. The molecule has 124 valence electrons. The molecule has 3 nitrogen and oxygen atoms in total. The van der Waals surface area contributed by atoms with E-state index in [1.165, 1.54) is 11.1 Å². The van der Waals surface area contributed by atoms with Crippen LogP contribution in [0.15, 0.2) is 49.1 Å². The Kier molecular flexibility index (Phi) is 6.07. The van der Waals surface area contributed by atoms with Crippen LogP contribution in [-0.4, -0.2) is 15.1 Å². The fourth-order valence-electron chi connectivity index (χ4n) is 1.68. The molecule has 0 saturated carbocycles. The zero-order chi connectivity index (χ0) is 17.7. The van der Waals surface area contributed by atoms with Gasteiger partial charge < -0.3 is 5.11 Å². The maximum absolute atomic E-state index is 12.5. The van der Waals surface area contributed by atoms with Crippen molar-refractivity contribution >= 4 is 22.6 Å². The molecule has 1 aromatic carbocycles. The van der Waals surface area contributed by atoms with Crippen molar-refractivity contribution in [2.45, 2.75) is 0 Å². The molecule has 24 heavy (non-hydrogen) atoms. The second kappa shape index (κ2) is 8.04. The Balaban J connectivity index is 0.000000174. The summed E-state index contributed by atoms with van der Waals surface area (Å²) in [6, 6.07) is 7.93. The van der Waals surface area contributed by atoms with Gasteiger partial charge in [0.15, 0.2) is 17.4 Å². The Hall–Kier alpha value is -2.23. The quantitative estimate of drug-likeness (QED) is 0.254. The van der Waals surface area contributed by atoms with E-state index < -0.39 is 32.6 Å². The summed E-state index contributed by atoms with van der Waals surface area (Å²) in [5, 5.41) is 8.46. The van der Waals surface area contributed by atoms with Crippen molar-refractivity contribution in [1.29, 1.82) is 0 Å². The second-order valence-corrected chi connectivity index (χ2v) is 5.47. The topological polar surface area (TPSA) is 46.0 Å². The third-order valence-electron chi connectivity index (χ3n) is 2.88. The van der Waals surface area contributed by atoms with E-state index in [9.17, 15) is 17.6 Å². The summed E-state index contributed by atoms with van der Waals surface area (Å²) in [4.78, 5) is 7.91. The number of hydrogen-bond acceptors (Lipinski definition) is 3. The van der Waals surface area contributed by atoms with Crippen molar-refractivity contribution in [3.05, 3.63) is 75.9 Å². The van der Waals surface area contributed by atoms with E-state index in [0.29, 0.717) is 0 Å². The molecular formula is C16H9F4IN2O. The number of benzene rings is 1.